The van der Waals surface area contributed by atoms with Crippen molar-refractivity contribution in [2.45, 2.75) is 12.6 Å². The summed E-state index contributed by atoms with van der Waals surface area (Å²) in [5.41, 5.74) is 1.47. The van der Waals surface area contributed by atoms with E-state index in [0.29, 0.717) is 25.2 Å². The molecular weight excluding hydrogens is 423 g/mol. The molecule has 8 heteroatoms. The quantitative estimate of drug-likeness (QED) is 0.627. The third-order valence-electron chi connectivity index (χ3n) is 5.59. The third kappa shape index (κ3) is 5.35. The van der Waals surface area contributed by atoms with E-state index in [-0.39, 0.29) is 30.0 Å². The van der Waals surface area contributed by atoms with Crippen LogP contribution in [0.2, 0.25) is 0 Å². The summed E-state index contributed by atoms with van der Waals surface area (Å²) in [4.78, 5) is 33.6. The number of likely N-dealkylation sites (N-methyl/N-ethyl adjacent to an activating group) is 1. The van der Waals surface area contributed by atoms with Crippen LogP contribution in [0, 0.1) is 5.82 Å². The molecule has 1 aliphatic rings. The summed E-state index contributed by atoms with van der Waals surface area (Å²) in [6.07, 6.45) is 1.45. The molecule has 0 spiro atoms. The first-order valence-corrected chi connectivity index (χ1v) is 10.7. The van der Waals surface area contributed by atoms with Gasteiger partial charge in [-0.25, -0.2) is 9.37 Å². The number of benzene rings is 2. The summed E-state index contributed by atoms with van der Waals surface area (Å²) in [6, 6.07) is 18.5. The second-order valence-corrected chi connectivity index (χ2v) is 7.75. The summed E-state index contributed by atoms with van der Waals surface area (Å²) in [6.45, 7) is 1.92. The Labute approximate surface area is 191 Å². The van der Waals surface area contributed by atoms with Crippen LogP contribution in [0.15, 0.2) is 72.9 Å². The lowest BCUT2D eigenvalue weighted by atomic mass is 10.1. The van der Waals surface area contributed by atoms with Gasteiger partial charge >= 0.3 is 0 Å². The molecule has 170 valence electrons. The van der Waals surface area contributed by atoms with E-state index in [0.717, 1.165) is 5.56 Å². The standard InChI is InChI=1S/C25H25FN4O3/c1-27-24(31)21-17-30(14-13-29(21)16-18-7-3-2-4-8-18)25(32)19-11-12-28-23(15-19)33-22-10-6-5-9-20(22)26/h2-12,15,21H,13-14,16-17H2,1H3,(H,27,31). The molecule has 2 aromatic carbocycles. The number of nitrogens with zero attached hydrogens (tertiary/aromatic N) is 3. The van der Waals surface area contributed by atoms with Gasteiger partial charge in [-0.1, -0.05) is 42.5 Å². The van der Waals surface area contributed by atoms with Crippen LogP contribution in [-0.2, 0) is 11.3 Å². The van der Waals surface area contributed by atoms with Gasteiger partial charge in [0.1, 0.15) is 6.04 Å². The lowest BCUT2D eigenvalue weighted by Gasteiger charge is -2.40. The number of hydrogen-bond acceptors (Lipinski definition) is 5. The zero-order valence-corrected chi connectivity index (χ0v) is 18.3. The molecule has 7 nitrogen and oxygen atoms in total. The lowest BCUT2D eigenvalue weighted by Crippen LogP contribution is -2.59. The molecule has 1 saturated heterocycles. The fourth-order valence-electron chi connectivity index (χ4n) is 3.85. The Morgan fingerprint density at radius 1 is 1.09 bits per heavy atom. The van der Waals surface area contributed by atoms with Gasteiger partial charge in [0.2, 0.25) is 11.8 Å². The molecule has 0 aliphatic carbocycles. The highest BCUT2D eigenvalue weighted by Crippen LogP contribution is 2.24. The summed E-state index contributed by atoms with van der Waals surface area (Å²) in [5.74, 6) is -0.731. The molecule has 33 heavy (non-hydrogen) atoms. The van der Waals surface area contributed by atoms with Crippen LogP contribution < -0.4 is 10.1 Å². The van der Waals surface area contributed by atoms with Gasteiger partial charge in [-0.3, -0.25) is 14.5 Å². The number of nitrogens with one attached hydrogen (secondary N) is 1. The van der Waals surface area contributed by atoms with Crippen molar-refractivity contribution >= 4 is 11.8 Å². The molecule has 0 radical (unpaired) electrons. The van der Waals surface area contributed by atoms with Crippen molar-refractivity contribution < 1.29 is 18.7 Å². The normalized spacial score (nSPS) is 16.3. The Balaban J connectivity index is 1.48. The Hall–Kier alpha value is -3.78. The Morgan fingerprint density at radius 2 is 1.85 bits per heavy atom. The van der Waals surface area contributed by atoms with E-state index in [1.807, 2.05) is 30.3 Å². The Bertz CT molecular complexity index is 1130. The third-order valence-corrected chi connectivity index (χ3v) is 5.59. The maximum Gasteiger partial charge on any atom is 0.254 e. The van der Waals surface area contributed by atoms with Gasteiger partial charge in [-0.05, 0) is 23.8 Å². The number of para-hydroxylation sites is 1. The molecule has 1 aliphatic heterocycles. The number of carbonyl (C=O) groups is 2. The van der Waals surface area contributed by atoms with Gasteiger partial charge in [-0.15, -0.1) is 0 Å². The van der Waals surface area contributed by atoms with Gasteiger partial charge in [-0.2, -0.15) is 0 Å². The van der Waals surface area contributed by atoms with Crippen molar-refractivity contribution in [3.05, 3.63) is 89.9 Å². The molecule has 2 heterocycles. The van der Waals surface area contributed by atoms with Gasteiger partial charge < -0.3 is 15.0 Å². The van der Waals surface area contributed by atoms with Gasteiger partial charge in [0.15, 0.2) is 11.6 Å². The summed E-state index contributed by atoms with van der Waals surface area (Å²) in [7, 11) is 1.60. The maximum absolute atomic E-state index is 13.9. The smallest absolute Gasteiger partial charge is 0.254 e. The predicted molar refractivity (Wildman–Crippen MR) is 121 cm³/mol. The lowest BCUT2D eigenvalue weighted by molar-refractivity contribution is -0.128. The summed E-state index contributed by atoms with van der Waals surface area (Å²) in [5, 5.41) is 2.71. The molecule has 1 aromatic heterocycles. The van der Waals surface area contributed by atoms with Crippen molar-refractivity contribution in [1.29, 1.82) is 0 Å². The molecule has 4 rings (SSSR count). The number of piperazine rings is 1. The van der Waals surface area contributed by atoms with Crippen LogP contribution in [0.1, 0.15) is 15.9 Å². The van der Waals surface area contributed by atoms with Gasteiger partial charge in [0, 0.05) is 51.1 Å². The molecular formula is C25H25FN4O3. The number of halogens is 1. The fourth-order valence-corrected chi connectivity index (χ4v) is 3.85. The highest BCUT2D eigenvalue weighted by molar-refractivity contribution is 5.95. The maximum atomic E-state index is 13.9. The van der Waals surface area contributed by atoms with Crippen LogP contribution >= 0.6 is 0 Å². The zero-order chi connectivity index (χ0) is 23.2. The number of pyridine rings is 1. The van der Waals surface area contributed by atoms with Crippen LogP contribution in [0.25, 0.3) is 0 Å². The van der Waals surface area contributed by atoms with Crippen LogP contribution in [0.4, 0.5) is 4.39 Å². The molecule has 1 fully saturated rings. The number of amides is 2. The molecule has 2 amide bonds. The minimum Gasteiger partial charge on any atom is -0.436 e. The SMILES string of the molecule is CNC(=O)C1CN(C(=O)c2ccnc(Oc3ccccc3F)c2)CCN1Cc1ccccc1. The van der Waals surface area contributed by atoms with Crippen LogP contribution in [0.5, 0.6) is 11.6 Å². The minimum absolute atomic E-state index is 0.0313. The molecule has 0 bridgehead atoms. The minimum atomic E-state index is -0.515. The molecule has 1 N–H and O–H groups in total. The highest BCUT2D eigenvalue weighted by atomic mass is 19.1. The van der Waals surface area contributed by atoms with Crippen molar-refractivity contribution in [3.8, 4) is 11.6 Å². The van der Waals surface area contributed by atoms with Crippen molar-refractivity contribution in [1.82, 2.24) is 20.1 Å². The average Bonchev–Trinajstić information content (AvgIpc) is 2.85. The van der Waals surface area contributed by atoms with Crippen molar-refractivity contribution in [3.63, 3.8) is 0 Å². The first kappa shape index (κ1) is 22.4. The molecule has 3 aromatic rings. The number of hydrogen-bond donors (Lipinski definition) is 1. The molecule has 0 saturated carbocycles. The van der Waals surface area contributed by atoms with Gasteiger partial charge in [0.05, 0.1) is 0 Å². The number of carbonyl (C=O) groups excluding carboxylic acids is 2. The van der Waals surface area contributed by atoms with E-state index in [1.54, 1.807) is 30.1 Å². The van der Waals surface area contributed by atoms with E-state index < -0.39 is 11.9 Å². The highest BCUT2D eigenvalue weighted by Gasteiger charge is 2.34. The molecule has 1 atom stereocenters. The van der Waals surface area contributed by atoms with E-state index in [2.05, 4.69) is 15.2 Å². The van der Waals surface area contributed by atoms with Gasteiger partial charge in [0.25, 0.3) is 5.91 Å². The number of ether oxygens (including phenoxy) is 1. The second-order valence-electron chi connectivity index (χ2n) is 7.75. The monoisotopic (exact) mass is 448 g/mol. The summed E-state index contributed by atoms with van der Waals surface area (Å²) >= 11 is 0. The first-order valence-electron chi connectivity index (χ1n) is 10.7. The fraction of sp³-hybridized carbons (Fsp3) is 0.240. The second kappa shape index (κ2) is 10.2. The van der Waals surface area contributed by atoms with E-state index in [9.17, 15) is 14.0 Å². The predicted octanol–water partition coefficient (Wildman–Crippen LogP) is 3.09. The number of rotatable bonds is 6. The van der Waals surface area contributed by atoms with E-state index >= 15 is 0 Å². The van der Waals surface area contributed by atoms with Crippen LogP contribution in [-0.4, -0.2) is 59.3 Å². The number of aromatic nitrogens is 1. The zero-order valence-electron chi connectivity index (χ0n) is 18.3. The largest absolute Gasteiger partial charge is 0.436 e. The van der Waals surface area contributed by atoms with Crippen molar-refractivity contribution in [2.75, 3.05) is 26.7 Å². The Morgan fingerprint density at radius 3 is 2.61 bits per heavy atom. The molecule has 1 unspecified atom stereocenters. The van der Waals surface area contributed by atoms with E-state index in [1.165, 1.54) is 24.4 Å². The average molecular weight is 448 g/mol. The Kier molecular flexibility index (Phi) is 6.95. The first-order chi connectivity index (χ1) is 16.0. The van der Waals surface area contributed by atoms with E-state index in [4.69, 9.17) is 4.74 Å². The summed E-state index contributed by atoms with van der Waals surface area (Å²) < 4.78 is 19.4. The van der Waals surface area contributed by atoms with Crippen LogP contribution in [0.3, 0.4) is 0 Å². The van der Waals surface area contributed by atoms with Crippen molar-refractivity contribution in [2.24, 2.45) is 0 Å². The topological polar surface area (TPSA) is 74.8 Å².